The van der Waals surface area contributed by atoms with Gasteiger partial charge < -0.3 is 30.1 Å². The Morgan fingerprint density at radius 1 is 0.792 bits per heavy atom. The van der Waals surface area contributed by atoms with E-state index < -0.39 is 88.4 Å². The van der Waals surface area contributed by atoms with Crippen LogP contribution in [-0.4, -0.2) is 100 Å². The van der Waals surface area contributed by atoms with E-state index in [9.17, 15) is 33.9 Å². The van der Waals surface area contributed by atoms with Crippen molar-refractivity contribution >= 4 is 35.8 Å². The van der Waals surface area contributed by atoms with Crippen LogP contribution in [0.4, 0.5) is 4.79 Å². The Kier molecular flexibility index (Phi) is 15.9. The summed E-state index contributed by atoms with van der Waals surface area (Å²) in [6.45, 7) is 24.5. The van der Waals surface area contributed by atoms with E-state index in [0.29, 0.717) is 0 Å². The Bertz CT molecular complexity index is 1500. The smallest absolute Gasteiger partial charge is 0.410 e. The van der Waals surface area contributed by atoms with E-state index in [4.69, 9.17) is 9.47 Å². The first-order valence-corrected chi connectivity index (χ1v) is 17.9. The molecular formula is C40H64N4O9. The maximum atomic E-state index is 14.5. The number of carbonyl (C=O) groups excluding carboxylic acids is 5. The lowest BCUT2D eigenvalue weighted by atomic mass is 9.76. The number of aliphatic carboxylic acids is 1. The summed E-state index contributed by atoms with van der Waals surface area (Å²) in [5.41, 5.74) is -2.48. The van der Waals surface area contributed by atoms with Gasteiger partial charge in [0.15, 0.2) is 0 Å². The van der Waals surface area contributed by atoms with Crippen molar-refractivity contribution in [1.29, 1.82) is 0 Å². The lowest BCUT2D eigenvalue weighted by molar-refractivity contribution is -0.158. The number of carbonyl (C=O) groups is 6. The zero-order valence-corrected chi connectivity index (χ0v) is 34.7. The summed E-state index contributed by atoms with van der Waals surface area (Å²) in [6.07, 6.45) is 0.284. The minimum Gasteiger partial charge on any atom is -0.480 e. The van der Waals surface area contributed by atoms with Gasteiger partial charge >= 0.3 is 18.0 Å². The van der Waals surface area contributed by atoms with E-state index in [0.717, 1.165) is 5.56 Å². The van der Waals surface area contributed by atoms with Gasteiger partial charge in [0, 0.05) is 25.1 Å². The molecule has 0 saturated heterocycles. The standard InChI is InChI=1S/C40H64N4O9/c1-24(2)28(22-25(3)32(46)41-27(35(49)50)23-29(45)52-38(7,8)9)43(15)34(48)30(37(4,5)6)42-33(47)31(44(16)36(51)53-39(10,11)12)40(13,14)26-20-18-17-19-21-26/h17-22,24,27-28,30-31H,23H2,1-16H3,(H,41,46)(H,42,47)(H,49,50)/b25-22+/t27-,28+,30?,31+/m0/s1. The van der Waals surface area contributed by atoms with Crippen molar-refractivity contribution in [1.82, 2.24) is 20.4 Å². The first-order chi connectivity index (χ1) is 23.9. The molecule has 3 N–H and O–H groups in total. The Morgan fingerprint density at radius 3 is 1.74 bits per heavy atom. The van der Waals surface area contributed by atoms with Crippen LogP contribution in [0.5, 0.6) is 0 Å². The fourth-order valence-electron chi connectivity index (χ4n) is 5.78. The molecule has 0 radical (unpaired) electrons. The molecule has 1 aromatic carbocycles. The van der Waals surface area contributed by atoms with Crippen LogP contribution in [0.1, 0.15) is 109 Å². The summed E-state index contributed by atoms with van der Waals surface area (Å²) in [5, 5.41) is 15.0. The predicted molar refractivity (Wildman–Crippen MR) is 204 cm³/mol. The van der Waals surface area contributed by atoms with Crippen molar-refractivity contribution in [3.63, 3.8) is 0 Å². The van der Waals surface area contributed by atoms with Crippen molar-refractivity contribution in [2.75, 3.05) is 14.1 Å². The summed E-state index contributed by atoms with van der Waals surface area (Å²) in [7, 11) is 3.07. The molecule has 298 valence electrons. The molecular weight excluding hydrogens is 680 g/mol. The van der Waals surface area contributed by atoms with Gasteiger partial charge in [-0.2, -0.15) is 0 Å². The van der Waals surface area contributed by atoms with E-state index in [2.05, 4.69) is 10.6 Å². The zero-order valence-electron chi connectivity index (χ0n) is 34.7. The van der Waals surface area contributed by atoms with Crippen molar-refractivity contribution in [2.45, 2.75) is 144 Å². The largest absolute Gasteiger partial charge is 0.480 e. The second-order valence-corrected chi connectivity index (χ2v) is 17.6. The number of hydrogen-bond donors (Lipinski definition) is 3. The molecule has 0 saturated carbocycles. The van der Waals surface area contributed by atoms with E-state index in [1.165, 1.54) is 23.8 Å². The number of ether oxygens (including phenoxy) is 2. The number of esters is 1. The average Bonchev–Trinajstić information content (AvgIpc) is 2.99. The molecule has 0 aliphatic carbocycles. The quantitative estimate of drug-likeness (QED) is 0.165. The second kappa shape index (κ2) is 18.1. The topological polar surface area (TPSA) is 172 Å². The number of hydrogen-bond acceptors (Lipinski definition) is 8. The molecule has 0 aliphatic rings. The number of nitrogens with zero attached hydrogens (tertiary/aromatic N) is 2. The van der Waals surface area contributed by atoms with Crippen LogP contribution in [0.3, 0.4) is 0 Å². The molecule has 0 fully saturated rings. The van der Waals surface area contributed by atoms with Crippen LogP contribution in [-0.2, 0) is 38.9 Å². The van der Waals surface area contributed by atoms with Crippen molar-refractivity contribution in [3.8, 4) is 0 Å². The molecule has 4 atom stereocenters. The van der Waals surface area contributed by atoms with E-state index in [1.54, 1.807) is 54.7 Å². The number of carboxylic acids is 1. The maximum Gasteiger partial charge on any atom is 0.410 e. The SMILES string of the molecule is C/C(=C\[C@H](C(C)C)N(C)C(=O)C(NC(=O)[C@@H](N(C)C(=O)OC(C)(C)C)C(C)(C)c1ccccc1)C(C)(C)C)C(=O)N[C@@H](CC(=O)OC(C)(C)C)C(=O)O. The van der Waals surface area contributed by atoms with Crippen LogP contribution in [0.25, 0.3) is 0 Å². The van der Waals surface area contributed by atoms with E-state index >= 15 is 0 Å². The monoisotopic (exact) mass is 744 g/mol. The summed E-state index contributed by atoms with van der Waals surface area (Å²) in [5.74, 6) is -4.14. The fourth-order valence-corrected chi connectivity index (χ4v) is 5.78. The highest BCUT2D eigenvalue weighted by atomic mass is 16.6. The molecule has 0 bridgehead atoms. The first kappa shape index (κ1) is 46.6. The highest BCUT2D eigenvalue weighted by Crippen LogP contribution is 2.32. The number of benzene rings is 1. The third-order valence-corrected chi connectivity index (χ3v) is 8.57. The Morgan fingerprint density at radius 2 is 1.30 bits per heavy atom. The fraction of sp³-hybridized carbons (Fsp3) is 0.650. The number of rotatable bonds is 14. The maximum absolute atomic E-state index is 14.5. The molecule has 0 aromatic heterocycles. The molecule has 1 aromatic rings. The van der Waals surface area contributed by atoms with Gasteiger partial charge in [-0.15, -0.1) is 0 Å². The second-order valence-electron chi connectivity index (χ2n) is 17.6. The van der Waals surface area contributed by atoms with Gasteiger partial charge in [-0.05, 0) is 65.4 Å². The van der Waals surface area contributed by atoms with Gasteiger partial charge in [0.2, 0.25) is 17.7 Å². The zero-order chi connectivity index (χ0) is 41.4. The van der Waals surface area contributed by atoms with Gasteiger partial charge in [-0.3, -0.25) is 24.1 Å². The summed E-state index contributed by atoms with van der Waals surface area (Å²) in [4.78, 5) is 82.4. The number of amides is 4. The average molecular weight is 745 g/mol. The minimum atomic E-state index is -1.54. The molecule has 13 nitrogen and oxygen atoms in total. The van der Waals surface area contributed by atoms with Gasteiger partial charge in [-0.1, -0.05) is 84.9 Å². The third-order valence-electron chi connectivity index (χ3n) is 8.57. The molecule has 1 rings (SSSR count). The summed E-state index contributed by atoms with van der Waals surface area (Å²) in [6, 6.07) is 4.93. The van der Waals surface area contributed by atoms with E-state index in [-0.39, 0.29) is 11.5 Å². The van der Waals surface area contributed by atoms with Gasteiger partial charge in [-0.25, -0.2) is 9.59 Å². The normalized spacial score (nSPS) is 15.0. The molecule has 0 aliphatic heterocycles. The molecule has 0 spiro atoms. The lowest BCUT2D eigenvalue weighted by Gasteiger charge is -2.42. The van der Waals surface area contributed by atoms with Crippen LogP contribution >= 0.6 is 0 Å². The highest BCUT2D eigenvalue weighted by molar-refractivity contribution is 5.97. The van der Waals surface area contributed by atoms with Crippen molar-refractivity contribution < 1.29 is 43.3 Å². The van der Waals surface area contributed by atoms with Crippen LogP contribution in [0.15, 0.2) is 42.0 Å². The predicted octanol–water partition coefficient (Wildman–Crippen LogP) is 5.46. The number of carboxylic acid groups (broad SMARTS) is 1. The highest BCUT2D eigenvalue weighted by Gasteiger charge is 2.46. The molecule has 0 heterocycles. The minimum absolute atomic E-state index is 0.124. The third kappa shape index (κ3) is 14.2. The Hall–Kier alpha value is -4.42. The van der Waals surface area contributed by atoms with Crippen LogP contribution in [0, 0.1) is 11.3 Å². The molecule has 4 amide bonds. The lowest BCUT2D eigenvalue weighted by Crippen LogP contribution is -2.63. The van der Waals surface area contributed by atoms with Gasteiger partial charge in [0.05, 0.1) is 12.5 Å². The molecule has 13 heteroatoms. The Balaban J connectivity index is 3.51. The number of likely N-dealkylation sites (N-methyl/N-ethyl adjacent to an activating group) is 2. The van der Waals surface area contributed by atoms with Crippen molar-refractivity contribution in [3.05, 3.63) is 47.5 Å². The van der Waals surface area contributed by atoms with Gasteiger partial charge in [0.1, 0.15) is 29.3 Å². The van der Waals surface area contributed by atoms with Crippen LogP contribution in [0.2, 0.25) is 0 Å². The Labute approximate surface area is 316 Å². The number of nitrogens with one attached hydrogen (secondary N) is 2. The van der Waals surface area contributed by atoms with Gasteiger partial charge in [0.25, 0.3) is 0 Å². The first-order valence-electron chi connectivity index (χ1n) is 17.9. The summed E-state index contributed by atoms with van der Waals surface area (Å²) >= 11 is 0. The summed E-state index contributed by atoms with van der Waals surface area (Å²) < 4.78 is 10.9. The molecule has 1 unspecified atom stereocenters. The van der Waals surface area contributed by atoms with Crippen LogP contribution < -0.4 is 10.6 Å². The van der Waals surface area contributed by atoms with Crippen molar-refractivity contribution in [2.24, 2.45) is 11.3 Å². The molecule has 53 heavy (non-hydrogen) atoms. The van der Waals surface area contributed by atoms with E-state index in [1.807, 2.05) is 78.8 Å².